The number of hydrogen-bond acceptors (Lipinski definition) is 5. The van der Waals surface area contributed by atoms with Gasteiger partial charge in [0.1, 0.15) is 18.1 Å². The molecule has 168 valence electrons. The molecular formula is C22H30N4O5. The number of fused-ring (bicyclic) bond motifs is 1. The second kappa shape index (κ2) is 9.91. The lowest BCUT2D eigenvalue weighted by Crippen LogP contribution is -2.70. The van der Waals surface area contributed by atoms with Crippen molar-refractivity contribution in [3.05, 3.63) is 35.9 Å². The van der Waals surface area contributed by atoms with Gasteiger partial charge in [-0.05, 0) is 17.9 Å². The molecule has 3 N–H and O–H groups in total. The van der Waals surface area contributed by atoms with Crippen molar-refractivity contribution in [3.8, 4) is 0 Å². The third kappa shape index (κ3) is 5.41. The number of carboxylic acid groups (broad SMARTS) is 1. The van der Waals surface area contributed by atoms with E-state index in [0.29, 0.717) is 19.0 Å². The van der Waals surface area contributed by atoms with Gasteiger partial charge in [-0.25, -0.2) is 0 Å². The molecule has 2 aliphatic heterocycles. The lowest BCUT2D eigenvalue weighted by Gasteiger charge is -2.46. The van der Waals surface area contributed by atoms with Crippen molar-refractivity contribution < 1.29 is 24.3 Å². The van der Waals surface area contributed by atoms with Crippen LogP contribution in [0.5, 0.6) is 0 Å². The van der Waals surface area contributed by atoms with Crippen LogP contribution in [0.1, 0.15) is 38.3 Å². The highest BCUT2D eigenvalue weighted by Crippen LogP contribution is 2.26. The summed E-state index contributed by atoms with van der Waals surface area (Å²) in [5.74, 6) is -1.58. The van der Waals surface area contributed by atoms with Crippen molar-refractivity contribution in [1.29, 1.82) is 0 Å². The number of hydrogen-bond donors (Lipinski definition) is 3. The molecule has 1 aromatic carbocycles. The molecule has 1 aromatic rings. The van der Waals surface area contributed by atoms with E-state index in [2.05, 4.69) is 24.5 Å². The van der Waals surface area contributed by atoms with Gasteiger partial charge in [0.15, 0.2) is 0 Å². The maximum Gasteiger partial charge on any atom is 0.305 e. The van der Waals surface area contributed by atoms with E-state index in [1.54, 1.807) is 0 Å². The van der Waals surface area contributed by atoms with Gasteiger partial charge in [0.2, 0.25) is 17.7 Å². The van der Waals surface area contributed by atoms with E-state index >= 15 is 0 Å². The molecule has 3 unspecified atom stereocenters. The number of aliphatic carboxylic acids is 1. The molecule has 2 heterocycles. The molecule has 0 bridgehead atoms. The molecule has 9 nitrogen and oxygen atoms in total. The fraction of sp³-hybridized carbons (Fsp3) is 0.545. The minimum atomic E-state index is -1.14. The Labute approximate surface area is 181 Å². The van der Waals surface area contributed by atoms with E-state index < -0.39 is 30.5 Å². The van der Waals surface area contributed by atoms with Gasteiger partial charge in [0, 0.05) is 26.2 Å². The molecule has 0 aromatic heterocycles. The van der Waals surface area contributed by atoms with E-state index in [0.717, 1.165) is 12.0 Å². The van der Waals surface area contributed by atoms with Gasteiger partial charge in [0.05, 0.1) is 6.42 Å². The topological polar surface area (TPSA) is 119 Å². The Morgan fingerprint density at radius 2 is 1.90 bits per heavy atom. The lowest BCUT2D eigenvalue weighted by atomic mass is 9.98. The van der Waals surface area contributed by atoms with Crippen molar-refractivity contribution >= 4 is 23.7 Å². The molecule has 2 aliphatic rings. The van der Waals surface area contributed by atoms with Crippen molar-refractivity contribution in [1.82, 2.24) is 20.4 Å². The molecule has 0 saturated carbocycles. The van der Waals surface area contributed by atoms with Crippen LogP contribution in [-0.2, 0) is 19.2 Å². The van der Waals surface area contributed by atoms with Crippen LogP contribution in [0.25, 0.3) is 0 Å². The maximum absolute atomic E-state index is 13.1. The summed E-state index contributed by atoms with van der Waals surface area (Å²) >= 11 is 0. The van der Waals surface area contributed by atoms with Gasteiger partial charge in [-0.3, -0.25) is 24.1 Å². The molecule has 0 radical (unpaired) electrons. The summed E-state index contributed by atoms with van der Waals surface area (Å²) in [6, 6.07) is 7.02. The monoisotopic (exact) mass is 430 g/mol. The number of carbonyl (C=O) groups excluding carboxylic acids is 3. The van der Waals surface area contributed by atoms with E-state index in [1.807, 2.05) is 35.2 Å². The minimum Gasteiger partial charge on any atom is -0.481 e. The van der Waals surface area contributed by atoms with Gasteiger partial charge in [-0.15, -0.1) is 0 Å². The van der Waals surface area contributed by atoms with Gasteiger partial charge in [-0.1, -0.05) is 44.2 Å². The highest BCUT2D eigenvalue weighted by atomic mass is 16.4. The van der Waals surface area contributed by atoms with Crippen LogP contribution < -0.4 is 10.6 Å². The fourth-order valence-corrected chi connectivity index (χ4v) is 4.11. The van der Waals surface area contributed by atoms with E-state index in [4.69, 9.17) is 5.11 Å². The summed E-state index contributed by atoms with van der Waals surface area (Å²) in [5, 5.41) is 14.5. The van der Waals surface area contributed by atoms with Crippen LogP contribution in [0.2, 0.25) is 0 Å². The van der Waals surface area contributed by atoms with Gasteiger partial charge >= 0.3 is 5.97 Å². The average molecular weight is 431 g/mol. The van der Waals surface area contributed by atoms with Gasteiger partial charge in [0.25, 0.3) is 0 Å². The second-order valence-electron chi connectivity index (χ2n) is 8.49. The van der Waals surface area contributed by atoms with Crippen molar-refractivity contribution in [3.63, 3.8) is 0 Å². The Morgan fingerprint density at radius 1 is 1.19 bits per heavy atom. The smallest absolute Gasteiger partial charge is 0.305 e. The Bertz CT molecular complexity index is 828. The van der Waals surface area contributed by atoms with E-state index in [9.17, 15) is 19.2 Å². The first-order chi connectivity index (χ1) is 14.8. The van der Waals surface area contributed by atoms with Crippen LogP contribution in [0, 0.1) is 5.92 Å². The summed E-state index contributed by atoms with van der Waals surface area (Å²) in [4.78, 5) is 52.8. The first-order valence-electron chi connectivity index (χ1n) is 10.7. The molecule has 3 amide bonds. The highest BCUT2D eigenvalue weighted by molar-refractivity contribution is 5.99. The molecule has 3 rings (SSSR count). The predicted molar refractivity (Wildman–Crippen MR) is 113 cm³/mol. The molecule has 0 spiro atoms. The molecular weight excluding hydrogens is 400 g/mol. The number of carbonyl (C=O) groups is 4. The molecule has 31 heavy (non-hydrogen) atoms. The number of benzene rings is 1. The highest BCUT2D eigenvalue weighted by Gasteiger charge is 2.45. The van der Waals surface area contributed by atoms with E-state index in [1.165, 1.54) is 4.90 Å². The minimum absolute atomic E-state index is 0.133. The molecule has 3 atom stereocenters. The summed E-state index contributed by atoms with van der Waals surface area (Å²) < 4.78 is 0. The van der Waals surface area contributed by atoms with Crippen LogP contribution in [0.4, 0.5) is 0 Å². The first kappa shape index (κ1) is 22.7. The van der Waals surface area contributed by atoms with Gasteiger partial charge in [-0.2, -0.15) is 0 Å². The summed E-state index contributed by atoms with van der Waals surface area (Å²) in [5.41, 5.74) is 0.823. The Hall–Kier alpha value is -2.94. The summed E-state index contributed by atoms with van der Waals surface area (Å²) in [6.07, 6.45) is 0.425. The fourth-order valence-electron chi connectivity index (χ4n) is 4.11. The van der Waals surface area contributed by atoms with Gasteiger partial charge < -0.3 is 20.6 Å². The van der Waals surface area contributed by atoms with Crippen LogP contribution in [-0.4, -0.2) is 76.9 Å². The summed E-state index contributed by atoms with van der Waals surface area (Å²) in [6.45, 7) is 5.63. The number of rotatable bonds is 8. The molecule has 9 heteroatoms. The number of amides is 3. The Morgan fingerprint density at radius 3 is 2.55 bits per heavy atom. The number of carboxylic acids is 1. The zero-order valence-electron chi connectivity index (χ0n) is 17.9. The SMILES string of the molecule is CC(C)CCNC(=O)C(c1ccccc1)N1CCN2C(=O)C(CC(=O)O)NC(=O)C2C1. The lowest BCUT2D eigenvalue weighted by molar-refractivity contribution is -0.156. The van der Waals surface area contributed by atoms with Crippen LogP contribution in [0.15, 0.2) is 30.3 Å². The standard InChI is InChI=1S/C22H30N4O5/c1-14(2)8-9-23-21(30)19(15-6-4-3-5-7-15)25-10-11-26-17(13-25)20(29)24-16(22(26)31)12-18(27)28/h3-7,14,16-17,19H,8-13H2,1-2H3,(H,23,30)(H,24,29)(H,27,28). The second-order valence-corrected chi connectivity index (χ2v) is 8.49. The maximum atomic E-state index is 13.1. The quantitative estimate of drug-likeness (QED) is 0.549. The third-order valence-corrected chi connectivity index (χ3v) is 5.74. The van der Waals surface area contributed by atoms with E-state index in [-0.39, 0.29) is 30.8 Å². The average Bonchev–Trinajstić information content (AvgIpc) is 2.72. The predicted octanol–water partition coefficient (Wildman–Crippen LogP) is 0.376. The Balaban J connectivity index is 1.76. The van der Waals surface area contributed by atoms with Crippen LogP contribution in [0.3, 0.4) is 0 Å². The van der Waals surface area contributed by atoms with Crippen molar-refractivity contribution in [2.45, 2.75) is 44.8 Å². The zero-order chi connectivity index (χ0) is 22.5. The molecule has 2 saturated heterocycles. The summed E-state index contributed by atoms with van der Waals surface area (Å²) in [7, 11) is 0. The number of nitrogens with one attached hydrogen (secondary N) is 2. The van der Waals surface area contributed by atoms with Crippen molar-refractivity contribution in [2.24, 2.45) is 5.92 Å². The Kier molecular flexibility index (Phi) is 7.27. The van der Waals surface area contributed by atoms with Crippen LogP contribution >= 0.6 is 0 Å². The van der Waals surface area contributed by atoms with Crippen molar-refractivity contribution in [2.75, 3.05) is 26.2 Å². The number of piperazine rings is 2. The number of nitrogens with zero attached hydrogens (tertiary/aromatic N) is 2. The first-order valence-corrected chi connectivity index (χ1v) is 10.7. The molecule has 2 fully saturated rings. The largest absolute Gasteiger partial charge is 0.481 e. The molecule has 0 aliphatic carbocycles. The third-order valence-electron chi connectivity index (χ3n) is 5.74. The normalized spacial score (nSPS) is 22.6. The zero-order valence-corrected chi connectivity index (χ0v) is 17.9.